The van der Waals surface area contributed by atoms with Gasteiger partial charge in [-0.05, 0) is 43.5 Å². The molecular weight excluding hydrogens is 412 g/mol. The molecule has 1 atom stereocenters. The number of carbonyl (C=O) groups is 2. The van der Waals surface area contributed by atoms with E-state index in [-0.39, 0.29) is 36.6 Å². The second-order valence-electron chi connectivity index (χ2n) is 8.11. The van der Waals surface area contributed by atoms with E-state index in [1.165, 1.54) is 7.11 Å². The number of amides is 2. The Morgan fingerprint density at radius 3 is 2.66 bits per heavy atom. The second-order valence-corrected chi connectivity index (χ2v) is 8.11. The summed E-state index contributed by atoms with van der Waals surface area (Å²) in [5.74, 6) is 0.974. The third-order valence-corrected chi connectivity index (χ3v) is 6.12. The Morgan fingerprint density at radius 1 is 1.16 bits per heavy atom. The maximum absolute atomic E-state index is 13.2. The summed E-state index contributed by atoms with van der Waals surface area (Å²) in [6.45, 7) is 1.31. The van der Waals surface area contributed by atoms with Crippen molar-refractivity contribution in [2.75, 3.05) is 33.9 Å². The Hall–Kier alpha value is -3.20. The minimum absolute atomic E-state index is 0.0107. The highest BCUT2D eigenvalue weighted by Crippen LogP contribution is 2.31. The molecule has 170 valence electrons. The van der Waals surface area contributed by atoms with Gasteiger partial charge in [0, 0.05) is 32.2 Å². The van der Waals surface area contributed by atoms with Gasteiger partial charge in [-0.3, -0.25) is 14.4 Å². The summed E-state index contributed by atoms with van der Waals surface area (Å²) in [5.41, 5.74) is 1.54. The van der Waals surface area contributed by atoms with Crippen LogP contribution >= 0.6 is 0 Å². The van der Waals surface area contributed by atoms with Crippen LogP contribution in [0.15, 0.2) is 29.1 Å². The zero-order valence-electron chi connectivity index (χ0n) is 18.4. The number of hydrogen-bond donors (Lipinski definition) is 1. The zero-order chi connectivity index (χ0) is 22.7. The molecule has 4 rings (SSSR count). The third kappa shape index (κ3) is 4.38. The van der Waals surface area contributed by atoms with Crippen molar-refractivity contribution < 1.29 is 19.1 Å². The van der Waals surface area contributed by atoms with Crippen LogP contribution in [0, 0.1) is 0 Å². The lowest BCUT2D eigenvalue weighted by molar-refractivity contribution is -0.136. The predicted molar refractivity (Wildman–Crippen MR) is 116 cm³/mol. The SMILES string of the molecule is COCC(=O)N1CCc2nc([C@@H]3CCCCN3C(=O)c3ccc(OC)cc3)[nH]c(=O)c2C1. The number of rotatable bonds is 5. The van der Waals surface area contributed by atoms with Crippen molar-refractivity contribution in [1.82, 2.24) is 19.8 Å². The maximum Gasteiger partial charge on any atom is 0.256 e. The van der Waals surface area contributed by atoms with E-state index in [2.05, 4.69) is 4.98 Å². The molecule has 2 amide bonds. The Morgan fingerprint density at radius 2 is 1.94 bits per heavy atom. The van der Waals surface area contributed by atoms with E-state index in [0.29, 0.717) is 47.9 Å². The molecule has 0 unspecified atom stereocenters. The number of H-pyrrole nitrogens is 1. The van der Waals surface area contributed by atoms with Gasteiger partial charge >= 0.3 is 0 Å². The molecule has 2 aliphatic heterocycles. The largest absolute Gasteiger partial charge is 0.497 e. The maximum atomic E-state index is 13.2. The van der Waals surface area contributed by atoms with Gasteiger partial charge in [0.1, 0.15) is 18.2 Å². The van der Waals surface area contributed by atoms with Crippen molar-refractivity contribution >= 4 is 11.8 Å². The van der Waals surface area contributed by atoms with Crippen LogP contribution in [0.1, 0.15) is 52.7 Å². The number of aromatic amines is 1. The van der Waals surface area contributed by atoms with E-state index < -0.39 is 0 Å². The van der Waals surface area contributed by atoms with E-state index in [0.717, 1.165) is 19.3 Å². The summed E-state index contributed by atoms with van der Waals surface area (Å²) in [6.07, 6.45) is 3.10. The summed E-state index contributed by atoms with van der Waals surface area (Å²) in [4.78, 5) is 49.3. The molecule has 1 aromatic heterocycles. The molecule has 32 heavy (non-hydrogen) atoms. The number of methoxy groups -OCH3 is 2. The number of piperidine rings is 1. The van der Waals surface area contributed by atoms with Crippen molar-refractivity contribution in [1.29, 1.82) is 0 Å². The fraction of sp³-hybridized carbons (Fsp3) is 0.478. The normalized spacial score (nSPS) is 18.2. The van der Waals surface area contributed by atoms with Gasteiger partial charge < -0.3 is 24.3 Å². The van der Waals surface area contributed by atoms with Gasteiger partial charge in [-0.1, -0.05) is 0 Å². The molecule has 0 saturated carbocycles. The standard InChI is InChI=1S/C23H28N4O5/c1-31-14-20(28)26-12-10-18-17(13-26)22(29)25-21(24-18)19-5-3-4-11-27(19)23(30)15-6-8-16(32-2)9-7-15/h6-9,19H,3-5,10-14H2,1-2H3,(H,24,25,29)/t19-/m0/s1. The van der Waals surface area contributed by atoms with Crippen LogP contribution in [0.5, 0.6) is 5.75 Å². The average molecular weight is 441 g/mol. The second kappa shape index (κ2) is 9.52. The summed E-state index contributed by atoms with van der Waals surface area (Å²) < 4.78 is 10.1. The summed E-state index contributed by atoms with van der Waals surface area (Å²) in [5, 5.41) is 0. The lowest BCUT2D eigenvalue weighted by Crippen LogP contribution is -2.43. The molecule has 0 bridgehead atoms. The lowest BCUT2D eigenvalue weighted by atomic mass is 9.99. The quantitative estimate of drug-likeness (QED) is 0.759. The number of aromatic nitrogens is 2. The zero-order valence-corrected chi connectivity index (χ0v) is 18.4. The number of ether oxygens (including phenoxy) is 2. The molecule has 0 radical (unpaired) electrons. The molecule has 2 aliphatic rings. The van der Waals surface area contributed by atoms with Crippen LogP contribution in [-0.4, -0.2) is 65.5 Å². The van der Waals surface area contributed by atoms with Crippen molar-refractivity contribution in [3.05, 3.63) is 57.3 Å². The molecule has 9 nitrogen and oxygen atoms in total. The monoisotopic (exact) mass is 440 g/mol. The summed E-state index contributed by atoms with van der Waals surface area (Å²) in [7, 11) is 3.06. The van der Waals surface area contributed by atoms with Crippen LogP contribution in [0.4, 0.5) is 0 Å². The molecule has 1 N–H and O–H groups in total. The minimum Gasteiger partial charge on any atom is -0.497 e. The molecule has 1 fully saturated rings. The summed E-state index contributed by atoms with van der Waals surface area (Å²) >= 11 is 0. The highest BCUT2D eigenvalue weighted by molar-refractivity contribution is 5.94. The predicted octanol–water partition coefficient (Wildman–Crippen LogP) is 1.68. The fourth-order valence-electron chi connectivity index (χ4n) is 4.39. The third-order valence-electron chi connectivity index (χ3n) is 6.12. The average Bonchev–Trinajstić information content (AvgIpc) is 2.83. The van der Waals surface area contributed by atoms with Gasteiger partial charge in [-0.25, -0.2) is 4.98 Å². The van der Waals surface area contributed by atoms with Gasteiger partial charge in [0.2, 0.25) is 5.91 Å². The van der Waals surface area contributed by atoms with Crippen molar-refractivity contribution in [2.24, 2.45) is 0 Å². The molecule has 1 saturated heterocycles. The Kier molecular flexibility index (Phi) is 6.55. The van der Waals surface area contributed by atoms with Crippen molar-refractivity contribution in [3.63, 3.8) is 0 Å². The van der Waals surface area contributed by atoms with E-state index in [1.807, 2.05) is 0 Å². The van der Waals surface area contributed by atoms with Gasteiger partial charge in [-0.2, -0.15) is 0 Å². The molecular formula is C23H28N4O5. The van der Waals surface area contributed by atoms with Crippen LogP contribution in [-0.2, 0) is 22.5 Å². The first-order valence-corrected chi connectivity index (χ1v) is 10.9. The molecule has 1 aromatic carbocycles. The number of carbonyl (C=O) groups excluding carboxylic acids is 2. The molecule has 9 heteroatoms. The number of nitrogens with zero attached hydrogens (tertiary/aromatic N) is 3. The number of benzene rings is 1. The molecule has 0 aliphatic carbocycles. The lowest BCUT2D eigenvalue weighted by Gasteiger charge is -2.36. The van der Waals surface area contributed by atoms with E-state index in [1.54, 1.807) is 41.2 Å². The Bertz CT molecular complexity index is 1050. The first kappa shape index (κ1) is 22.0. The van der Waals surface area contributed by atoms with Gasteiger partial charge in [0.05, 0.1) is 31.0 Å². The molecule has 0 spiro atoms. The van der Waals surface area contributed by atoms with Crippen LogP contribution in [0.25, 0.3) is 0 Å². The Balaban J connectivity index is 1.59. The van der Waals surface area contributed by atoms with E-state index >= 15 is 0 Å². The number of fused-ring (bicyclic) bond motifs is 1. The number of nitrogens with one attached hydrogen (secondary N) is 1. The first-order chi connectivity index (χ1) is 15.5. The highest BCUT2D eigenvalue weighted by Gasteiger charge is 2.32. The topological polar surface area (TPSA) is 105 Å². The highest BCUT2D eigenvalue weighted by atomic mass is 16.5. The molecule has 2 aromatic rings. The minimum atomic E-state index is -0.287. The van der Waals surface area contributed by atoms with Crippen LogP contribution in [0.2, 0.25) is 0 Å². The van der Waals surface area contributed by atoms with Gasteiger partial charge in [0.15, 0.2) is 0 Å². The number of hydrogen-bond acceptors (Lipinski definition) is 6. The van der Waals surface area contributed by atoms with Crippen molar-refractivity contribution in [3.8, 4) is 5.75 Å². The smallest absolute Gasteiger partial charge is 0.256 e. The van der Waals surface area contributed by atoms with Crippen molar-refractivity contribution in [2.45, 2.75) is 38.3 Å². The molecule has 3 heterocycles. The fourth-order valence-corrected chi connectivity index (χ4v) is 4.39. The Labute approximate surface area is 186 Å². The van der Waals surface area contributed by atoms with Crippen LogP contribution < -0.4 is 10.3 Å². The van der Waals surface area contributed by atoms with Gasteiger partial charge in [0.25, 0.3) is 11.5 Å². The van der Waals surface area contributed by atoms with Crippen LogP contribution in [0.3, 0.4) is 0 Å². The van der Waals surface area contributed by atoms with E-state index in [4.69, 9.17) is 14.5 Å². The van der Waals surface area contributed by atoms with Gasteiger partial charge in [-0.15, -0.1) is 0 Å². The first-order valence-electron chi connectivity index (χ1n) is 10.9. The number of likely N-dealkylation sites (tertiary alicyclic amines) is 1. The summed E-state index contributed by atoms with van der Waals surface area (Å²) in [6, 6.07) is 6.75. The van der Waals surface area contributed by atoms with E-state index in [9.17, 15) is 14.4 Å².